The van der Waals surface area contributed by atoms with Gasteiger partial charge in [0, 0.05) is 6.61 Å². The number of nitrogens with one attached hydrogen (secondary N) is 1. The molecule has 0 atom stereocenters. The number of rotatable bonds is 10. The number of hydrogen-bond acceptors (Lipinski definition) is 2. The summed E-state index contributed by atoms with van der Waals surface area (Å²) >= 11 is 0. The molecule has 114 valence electrons. The van der Waals surface area contributed by atoms with E-state index in [1.807, 2.05) is 0 Å². The highest BCUT2D eigenvalue weighted by Crippen LogP contribution is 2.31. The zero-order valence-corrected chi connectivity index (χ0v) is 13.4. The van der Waals surface area contributed by atoms with Gasteiger partial charge in [-0.2, -0.15) is 0 Å². The summed E-state index contributed by atoms with van der Waals surface area (Å²) in [6.07, 6.45) is 11.6. The van der Waals surface area contributed by atoms with E-state index >= 15 is 0 Å². The molecule has 0 saturated heterocycles. The van der Waals surface area contributed by atoms with Gasteiger partial charge in [-0.05, 0) is 58.0 Å². The highest BCUT2D eigenvalue weighted by molar-refractivity contribution is 4.74. The van der Waals surface area contributed by atoms with Gasteiger partial charge < -0.3 is 10.1 Å². The lowest BCUT2D eigenvalue weighted by Gasteiger charge is -2.28. The molecular weight excluding hydrogens is 234 g/mol. The Bertz CT molecular complexity index is 197. The van der Waals surface area contributed by atoms with E-state index < -0.39 is 0 Å². The van der Waals surface area contributed by atoms with E-state index in [1.54, 1.807) is 0 Å². The first-order chi connectivity index (χ1) is 9.22. The van der Waals surface area contributed by atoms with Gasteiger partial charge in [-0.15, -0.1) is 0 Å². The van der Waals surface area contributed by atoms with Gasteiger partial charge >= 0.3 is 0 Å². The Morgan fingerprint density at radius 1 is 1.05 bits per heavy atom. The van der Waals surface area contributed by atoms with Crippen LogP contribution in [0.5, 0.6) is 0 Å². The van der Waals surface area contributed by atoms with Crippen molar-refractivity contribution in [3.63, 3.8) is 0 Å². The fourth-order valence-corrected chi connectivity index (χ4v) is 3.04. The maximum absolute atomic E-state index is 5.55. The van der Waals surface area contributed by atoms with Crippen LogP contribution in [0, 0.1) is 11.8 Å². The van der Waals surface area contributed by atoms with Crippen LogP contribution in [0.15, 0.2) is 0 Å². The number of hydrogen-bond donors (Lipinski definition) is 1. The summed E-state index contributed by atoms with van der Waals surface area (Å²) in [6.45, 7) is 9.74. The van der Waals surface area contributed by atoms with Gasteiger partial charge in [0.25, 0.3) is 0 Å². The number of ether oxygens (including phenoxy) is 1. The molecule has 2 heteroatoms. The number of unbranched alkanes of at least 4 members (excludes halogenated alkanes) is 1. The second-order valence-electron chi connectivity index (χ2n) is 6.51. The third-order valence-electron chi connectivity index (χ3n) is 4.31. The summed E-state index contributed by atoms with van der Waals surface area (Å²) in [4.78, 5) is 0. The molecule has 19 heavy (non-hydrogen) atoms. The van der Waals surface area contributed by atoms with Crippen LogP contribution in [0.2, 0.25) is 0 Å². The van der Waals surface area contributed by atoms with Gasteiger partial charge in [-0.3, -0.25) is 0 Å². The maximum Gasteiger partial charge on any atom is 0.0518 e. The molecule has 1 aliphatic rings. The summed E-state index contributed by atoms with van der Waals surface area (Å²) < 4.78 is 5.55. The topological polar surface area (TPSA) is 21.3 Å². The summed E-state index contributed by atoms with van der Waals surface area (Å²) in [5.74, 6) is 1.97. The highest BCUT2D eigenvalue weighted by Gasteiger charge is 2.20. The zero-order chi connectivity index (χ0) is 13.9. The Kier molecular flexibility index (Phi) is 9.54. The molecule has 0 aliphatic heterocycles. The predicted molar refractivity (Wildman–Crippen MR) is 83.5 cm³/mol. The van der Waals surface area contributed by atoms with Crippen molar-refractivity contribution in [2.45, 2.75) is 78.2 Å². The molecule has 2 nitrogen and oxygen atoms in total. The fourth-order valence-electron chi connectivity index (χ4n) is 3.04. The molecule has 1 rings (SSSR count). The van der Waals surface area contributed by atoms with E-state index in [0.29, 0.717) is 6.10 Å². The zero-order valence-electron chi connectivity index (χ0n) is 13.4. The van der Waals surface area contributed by atoms with Crippen LogP contribution >= 0.6 is 0 Å². The summed E-state index contributed by atoms with van der Waals surface area (Å²) in [5, 5.41) is 3.61. The van der Waals surface area contributed by atoms with Gasteiger partial charge in [0.05, 0.1) is 6.10 Å². The van der Waals surface area contributed by atoms with Crippen LogP contribution in [0.1, 0.15) is 72.1 Å². The van der Waals surface area contributed by atoms with Gasteiger partial charge in [-0.1, -0.05) is 39.0 Å². The van der Waals surface area contributed by atoms with Crippen LogP contribution < -0.4 is 5.32 Å². The molecule has 0 aromatic heterocycles. The van der Waals surface area contributed by atoms with Crippen LogP contribution in [-0.4, -0.2) is 25.8 Å². The van der Waals surface area contributed by atoms with Crippen LogP contribution in [-0.2, 0) is 4.74 Å². The normalized spacial score (nSPS) is 24.0. The van der Waals surface area contributed by atoms with E-state index in [9.17, 15) is 0 Å². The average Bonchev–Trinajstić information content (AvgIpc) is 2.41. The Labute approximate surface area is 120 Å². The molecule has 1 aliphatic carbocycles. The third kappa shape index (κ3) is 8.65. The maximum atomic E-state index is 5.55. The van der Waals surface area contributed by atoms with Crippen molar-refractivity contribution >= 4 is 0 Å². The lowest BCUT2D eigenvalue weighted by atomic mass is 9.80. The van der Waals surface area contributed by atoms with Crippen molar-refractivity contribution in [1.29, 1.82) is 0 Å². The Morgan fingerprint density at radius 2 is 1.74 bits per heavy atom. The van der Waals surface area contributed by atoms with Crippen molar-refractivity contribution in [3.05, 3.63) is 0 Å². The molecule has 0 aromatic rings. The van der Waals surface area contributed by atoms with Crippen LogP contribution in [0.3, 0.4) is 0 Å². The molecule has 0 aromatic carbocycles. The standard InChI is InChI=1S/C17H35NO/c1-4-5-7-16-8-10-17(11-9-16)14-18-12-6-13-19-15(2)3/h15-18H,4-14H2,1-3H3. The van der Waals surface area contributed by atoms with Gasteiger partial charge in [0.1, 0.15) is 0 Å². The van der Waals surface area contributed by atoms with E-state index in [2.05, 4.69) is 26.1 Å². The molecule has 0 spiro atoms. The minimum Gasteiger partial charge on any atom is -0.379 e. The molecule has 0 unspecified atom stereocenters. The van der Waals surface area contributed by atoms with E-state index in [-0.39, 0.29) is 0 Å². The molecule has 0 amide bonds. The first-order valence-electron chi connectivity index (χ1n) is 8.54. The van der Waals surface area contributed by atoms with Crippen LogP contribution in [0.4, 0.5) is 0 Å². The first-order valence-corrected chi connectivity index (χ1v) is 8.54. The molecule has 1 fully saturated rings. The van der Waals surface area contributed by atoms with Crippen LogP contribution in [0.25, 0.3) is 0 Å². The smallest absolute Gasteiger partial charge is 0.0518 e. The minimum atomic E-state index is 0.374. The van der Waals surface area contributed by atoms with Crippen molar-refractivity contribution in [3.8, 4) is 0 Å². The van der Waals surface area contributed by atoms with Gasteiger partial charge in [-0.25, -0.2) is 0 Å². The van der Waals surface area contributed by atoms with Crippen molar-refractivity contribution in [2.75, 3.05) is 19.7 Å². The first kappa shape index (κ1) is 17.0. The predicted octanol–water partition coefficient (Wildman–Crippen LogP) is 4.39. The summed E-state index contributed by atoms with van der Waals surface area (Å²) in [6, 6.07) is 0. The van der Waals surface area contributed by atoms with Gasteiger partial charge in [0.2, 0.25) is 0 Å². The lowest BCUT2D eigenvalue weighted by molar-refractivity contribution is 0.0768. The average molecular weight is 269 g/mol. The third-order valence-corrected chi connectivity index (χ3v) is 4.31. The minimum absolute atomic E-state index is 0.374. The molecule has 0 radical (unpaired) electrons. The SMILES string of the molecule is CCCCC1CCC(CNCCCOC(C)C)CC1. The van der Waals surface area contributed by atoms with Gasteiger partial charge in [0.15, 0.2) is 0 Å². The Hall–Kier alpha value is -0.0800. The largest absolute Gasteiger partial charge is 0.379 e. The monoisotopic (exact) mass is 269 g/mol. The fraction of sp³-hybridized carbons (Fsp3) is 1.00. The second-order valence-corrected chi connectivity index (χ2v) is 6.51. The molecular formula is C17H35NO. The van der Waals surface area contributed by atoms with E-state index in [0.717, 1.165) is 31.4 Å². The molecule has 1 N–H and O–H groups in total. The Balaban J connectivity index is 1.92. The molecule has 1 saturated carbocycles. The molecule has 0 bridgehead atoms. The second kappa shape index (κ2) is 10.7. The van der Waals surface area contributed by atoms with E-state index in [1.165, 1.54) is 51.5 Å². The van der Waals surface area contributed by atoms with E-state index in [4.69, 9.17) is 4.74 Å². The van der Waals surface area contributed by atoms with Crippen molar-refractivity contribution in [1.82, 2.24) is 5.32 Å². The molecule has 0 heterocycles. The Morgan fingerprint density at radius 3 is 2.37 bits per heavy atom. The highest BCUT2D eigenvalue weighted by atomic mass is 16.5. The quantitative estimate of drug-likeness (QED) is 0.594. The lowest BCUT2D eigenvalue weighted by Crippen LogP contribution is -2.27. The van der Waals surface area contributed by atoms with Crippen molar-refractivity contribution < 1.29 is 4.74 Å². The van der Waals surface area contributed by atoms with Crippen molar-refractivity contribution in [2.24, 2.45) is 11.8 Å². The summed E-state index contributed by atoms with van der Waals surface area (Å²) in [5.41, 5.74) is 0. The summed E-state index contributed by atoms with van der Waals surface area (Å²) in [7, 11) is 0.